The fourth-order valence-corrected chi connectivity index (χ4v) is 4.65. The molecule has 4 rings (SSSR count). The van der Waals surface area contributed by atoms with Crippen molar-refractivity contribution < 1.29 is 8.42 Å². The molecule has 2 heterocycles. The van der Waals surface area contributed by atoms with Gasteiger partial charge in [-0.1, -0.05) is 41.9 Å². The number of hydrogen-bond donors (Lipinski definition) is 0. The summed E-state index contributed by atoms with van der Waals surface area (Å²) in [4.78, 5) is 0.0911. The maximum Gasteiger partial charge on any atom is 0.268 e. The fraction of sp³-hybridized carbons (Fsp3) is 0.0526. The van der Waals surface area contributed by atoms with Gasteiger partial charge in [-0.15, -0.1) is 10.2 Å². The smallest absolute Gasteiger partial charge is 0.268 e. The molecule has 0 saturated heterocycles. The van der Waals surface area contributed by atoms with Gasteiger partial charge in [-0.25, -0.2) is 8.42 Å². The van der Waals surface area contributed by atoms with Gasteiger partial charge >= 0.3 is 0 Å². The van der Waals surface area contributed by atoms with Crippen molar-refractivity contribution in [2.24, 2.45) is 0 Å². The van der Waals surface area contributed by atoms with Crippen molar-refractivity contribution in [1.82, 2.24) is 14.6 Å². The number of nitrogens with zero attached hydrogens (tertiary/aromatic N) is 4. The summed E-state index contributed by atoms with van der Waals surface area (Å²) >= 11 is 6.08. The number of pyridine rings is 1. The van der Waals surface area contributed by atoms with Crippen LogP contribution in [0.5, 0.6) is 0 Å². The van der Waals surface area contributed by atoms with E-state index < -0.39 is 10.0 Å². The van der Waals surface area contributed by atoms with Gasteiger partial charge in [0.1, 0.15) is 11.2 Å². The molecule has 0 aliphatic carbocycles. The normalized spacial score (nSPS) is 11.6. The molecule has 0 aliphatic heterocycles. The standard InChI is InChI=1S/C19H15ClN4O2S/c20-16-7-4-6-15(12-16)13-24(17-8-2-1-3-9-17)27(25,26)18-10-5-11-23-14-21-22-19(18)23/h1-12,14H,13H2. The average molecular weight is 399 g/mol. The molecule has 8 heteroatoms. The second-order valence-corrected chi connectivity index (χ2v) is 8.18. The van der Waals surface area contributed by atoms with Gasteiger partial charge in [0, 0.05) is 11.2 Å². The number of fused-ring (bicyclic) bond motifs is 1. The quantitative estimate of drug-likeness (QED) is 0.513. The average Bonchev–Trinajstić information content (AvgIpc) is 3.15. The van der Waals surface area contributed by atoms with E-state index >= 15 is 0 Å². The van der Waals surface area contributed by atoms with E-state index in [9.17, 15) is 8.42 Å². The minimum atomic E-state index is -3.89. The molecule has 0 amide bonds. The largest absolute Gasteiger partial charge is 0.288 e. The van der Waals surface area contributed by atoms with Gasteiger partial charge in [0.25, 0.3) is 10.0 Å². The summed E-state index contributed by atoms with van der Waals surface area (Å²) in [5.41, 5.74) is 1.62. The summed E-state index contributed by atoms with van der Waals surface area (Å²) in [5.74, 6) is 0. The van der Waals surface area contributed by atoms with E-state index in [1.54, 1.807) is 59.1 Å². The number of halogens is 1. The summed E-state index contributed by atoms with van der Waals surface area (Å²) < 4.78 is 30.0. The van der Waals surface area contributed by atoms with Gasteiger partial charge in [0.15, 0.2) is 5.65 Å². The highest BCUT2D eigenvalue weighted by Crippen LogP contribution is 2.28. The Bertz CT molecular complexity index is 1190. The van der Waals surface area contributed by atoms with E-state index in [1.807, 2.05) is 12.1 Å². The first kappa shape index (κ1) is 17.5. The Labute approximate surface area is 161 Å². The first-order valence-electron chi connectivity index (χ1n) is 8.16. The molecule has 0 aliphatic rings. The van der Waals surface area contributed by atoms with E-state index in [1.165, 1.54) is 16.7 Å². The Kier molecular flexibility index (Phi) is 4.55. The van der Waals surface area contributed by atoms with Crippen LogP contribution in [0.2, 0.25) is 5.02 Å². The maximum absolute atomic E-state index is 13.5. The van der Waals surface area contributed by atoms with Crippen molar-refractivity contribution in [3.05, 3.63) is 89.8 Å². The highest BCUT2D eigenvalue weighted by molar-refractivity contribution is 7.93. The third-order valence-corrected chi connectivity index (χ3v) is 6.14. The lowest BCUT2D eigenvalue weighted by atomic mass is 10.2. The molecule has 0 spiro atoms. The lowest BCUT2D eigenvalue weighted by Crippen LogP contribution is -2.31. The van der Waals surface area contributed by atoms with E-state index in [2.05, 4.69) is 10.2 Å². The summed E-state index contributed by atoms with van der Waals surface area (Å²) in [6, 6.07) is 19.3. The number of rotatable bonds is 5. The molecular formula is C19H15ClN4O2S. The Morgan fingerprint density at radius 2 is 1.81 bits per heavy atom. The van der Waals surface area contributed by atoms with Crippen LogP contribution in [0, 0.1) is 0 Å². The second-order valence-electron chi connectivity index (χ2n) is 5.91. The van der Waals surface area contributed by atoms with Crippen LogP contribution in [0.1, 0.15) is 5.56 Å². The molecule has 6 nitrogen and oxygen atoms in total. The molecule has 2 aromatic carbocycles. The van der Waals surface area contributed by atoms with Crippen molar-refractivity contribution in [2.45, 2.75) is 11.4 Å². The molecule has 0 radical (unpaired) electrons. The monoisotopic (exact) mass is 398 g/mol. The Morgan fingerprint density at radius 1 is 1.00 bits per heavy atom. The van der Waals surface area contributed by atoms with Gasteiger partial charge in [0.05, 0.1) is 12.2 Å². The minimum absolute atomic E-state index is 0.0911. The van der Waals surface area contributed by atoms with Crippen LogP contribution >= 0.6 is 11.6 Å². The van der Waals surface area contributed by atoms with Crippen molar-refractivity contribution in [3.8, 4) is 0 Å². The predicted octanol–water partition coefficient (Wildman–Crippen LogP) is 3.78. The zero-order chi connectivity index (χ0) is 18.9. The molecule has 0 bridgehead atoms. The highest BCUT2D eigenvalue weighted by Gasteiger charge is 2.28. The number of anilines is 1. The molecule has 4 aromatic rings. The van der Waals surface area contributed by atoms with Crippen LogP contribution in [0.25, 0.3) is 5.65 Å². The fourth-order valence-electron chi connectivity index (χ4n) is 2.86. The van der Waals surface area contributed by atoms with Crippen molar-refractivity contribution in [2.75, 3.05) is 4.31 Å². The number of para-hydroxylation sites is 1. The molecular weight excluding hydrogens is 384 g/mol. The third-order valence-electron chi connectivity index (χ3n) is 4.12. The zero-order valence-electron chi connectivity index (χ0n) is 14.1. The van der Waals surface area contributed by atoms with Crippen molar-refractivity contribution in [3.63, 3.8) is 0 Å². The van der Waals surface area contributed by atoms with Gasteiger partial charge in [0.2, 0.25) is 0 Å². The molecule has 0 N–H and O–H groups in total. The van der Waals surface area contributed by atoms with Crippen LogP contribution < -0.4 is 4.31 Å². The summed E-state index contributed by atoms with van der Waals surface area (Å²) in [6.45, 7) is 0.141. The molecule has 0 fully saturated rings. The lowest BCUT2D eigenvalue weighted by Gasteiger charge is -2.25. The molecule has 27 heavy (non-hydrogen) atoms. The zero-order valence-corrected chi connectivity index (χ0v) is 15.7. The van der Waals surface area contributed by atoms with Gasteiger partial charge < -0.3 is 0 Å². The van der Waals surface area contributed by atoms with E-state index in [0.717, 1.165) is 5.56 Å². The van der Waals surface area contributed by atoms with Crippen LogP contribution in [0.3, 0.4) is 0 Å². The van der Waals surface area contributed by atoms with Gasteiger partial charge in [-0.3, -0.25) is 8.71 Å². The Hall–Kier alpha value is -2.90. The van der Waals surface area contributed by atoms with E-state index in [4.69, 9.17) is 11.6 Å². The molecule has 0 atom stereocenters. The molecule has 2 aromatic heterocycles. The number of hydrogen-bond acceptors (Lipinski definition) is 4. The number of aromatic nitrogens is 3. The Morgan fingerprint density at radius 3 is 2.59 bits per heavy atom. The van der Waals surface area contributed by atoms with Crippen LogP contribution in [0.15, 0.2) is 84.1 Å². The minimum Gasteiger partial charge on any atom is -0.288 e. The van der Waals surface area contributed by atoms with Crippen molar-refractivity contribution >= 4 is 33.0 Å². The topological polar surface area (TPSA) is 67.6 Å². The molecule has 0 saturated carbocycles. The van der Waals surface area contributed by atoms with Crippen molar-refractivity contribution in [1.29, 1.82) is 0 Å². The lowest BCUT2D eigenvalue weighted by molar-refractivity contribution is 0.590. The number of benzene rings is 2. The first-order valence-corrected chi connectivity index (χ1v) is 9.98. The Balaban J connectivity index is 1.86. The summed E-state index contributed by atoms with van der Waals surface area (Å²) in [5, 5.41) is 8.34. The first-order chi connectivity index (χ1) is 13.1. The summed E-state index contributed by atoms with van der Waals surface area (Å²) in [6.07, 6.45) is 3.18. The second kappa shape index (κ2) is 7.02. The maximum atomic E-state index is 13.5. The van der Waals surface area contributed by atoms with Crippen LogP contribution in [-0.2, 0) is 16.6 Å². The van der Waals surface area contributed by atoms with Gasteiger partial charge in [-0.05, 0) is 42.0 Å². The summed E-state index contributed by atoms with van der Waals surface area (Å²) in [7, 11) is -3.89. The van der Waals surface area contributed by atoms with Crippen LogP contribution in [-0.4, -0.2) is 23.0 Å². The third kappa shape index (κ3) is 3.39. The van der Waals surface area contributed by atoms with Crippen LogP contribution in [0.4, 0.5) is 5.69 Å². The number of sulfonamides is 1. The van der Waals surface area contributed by atoms with E-state index in [0.29, 0.717) is 10.7 Å². The predicted molar refractivity (Wildman–Crippen MR) is 104 cm³/mol. The molecule has 0 unspecified atom stereocenters. The van der Waals surface area contributed by atoms with Gasteiger partial charge in [-0.2, -0.15) is 0 Å². The SMILES string of the molecule is O=S(=O)(c1cccn2cnnc12)N(Cc1cccc(Cl)c1)c1ccccc1. The molecule has 136 valence electrons. The van der Waals surface area contributed by atoms with E-state index in [-0.39, 0.29) is 17.1 Å². The highest BCUT2D eigenvalue weighted by atomic mass is 35.5.